The van der Waals surface area contributed by atoms with Gasteiger partial charge in [0.2, 0.25) is 0 Å². The molecule has 2 nitrogen and oxygen atoms in total. The Balaban J connectivity index is 2.17. The van der Waals surface area contributed by atoms with Crippen LogP contribution in [0.15, 0.2) is 41.5 Å². The maximum absolute atomic E-state index is 7.83. The molecule has 1 aliphatic carbocycles. The summed E-state index contributed by atoms with van der Waals surface area (Å²) < 4.78 is 1.20. The quantitative estimate of drug-likeness (QED) is 0.387. The first-order chi connectivity index (χ1) is 11.7. The van der Waals surface area contributed by atoms with Crippen LogP contribution in [0.25, 0.3) is 0 Å². The molecule has 0 spiro atoms. The molecule has 0 saturated carbocycles. The van der Waals surface area contributed by atoms with E-state index >= 15 is 0 Å². The molecule has 0 saturated heterocycles. The average Bonchev–Trinajstić information content (AvgIpc) is 2.55. The Morgan fingerprint density at radius 2 is 1.48 bits per heavy atom. The minimum Gasteiger partial charge on any atom is -0.209 e. The standard InChI is InChI=1S/C22H27IN2/c1-14-12-18-19(22(4,5)11-10-21(18,2)3)13-17(14)20(25-24)15-6-8-16(23)9-7-15/h6-9,12-13,20,24H,10-11H2,1-5H3. The highest BCUT2D eigenvalue weighted by Gasteiger charge is 2.38. The molecule has 3 heteroatoms. The zero-order chi connectivity index (χ0) is 18.4. The molecule has 1 atom stereocenters. The summed E-state index contributed by atoms with van der Waals surface area (Å²) >= 11 is 2.31. The molecule has 132 valence electrons. The van der Waals surface area contributed by atoms with Crippen LogP contribution in [0.3, 0.4) is 0 Å². The van der Waals surface area contributed by atoms with E-state index in [0.717, 1.165) is 5.56 Å². The first-order valence-corrected chi connectivity index (χ1v) is 10.0. The van der Waals surface area contributed by atoms with Crippen LogP contribution in [0.2, 0.25) is 0 Å². The van der Waals surface area contributed by atoms with Crippen LogP contribution in [-0.2, 0) is 10.8 Å². The lowest BCUT2D eigenvalue weighted by Crippen LogP contribution is -2.34. The van der Waals surface area contributed by atoms with E-state index in [2.05, 4.69) is 98.7 Å². The predicted molar refractivity (Wildman–Crippen MR) is 113 cm³/mol. The van der Waals surface area contributed by atoms with Crippen molar-refractivity contribution in [2.45, 2.75) is 64.3 Å². The minimum absolute atomic E-state index is 0.173. The molecule has 0 radical (unpaired) electrons. The highest BCUT2D eigenvalue weighted by molar-refractivity contribution is 14.1. The van der Waals surface area contributed by atoms with Gasteiger partial charge in [0, 0.05) is 3.57 Å². The van der Waals surface area contributed by atoms with E-state index in [0.29, 0.717) is 0 Å². The highest BCUT2D eigenvalue weighted by Crippen LogP contribution is 2.47. The van der Waals surface area contributed by atoms with Gasteiger partial charge in [0.1, 0.15) is 6.04 Å². The summed E-state index contributed by atoms with van der Waals surface area (Å²) in [5.74, 6) is 0. The summed E-state index contributed by atoms with van der Waals surface area (Å²) in [5, 5.41) is 4.00. The first-order valence-electron chi connectivity index (χ1n) is 8.93. The van der Waals surface area contributed by atoms with Crippen LogP contribution >= 0.6 is 22.6 Å². The summed E-state index contributed by atoms with van der Waals surface area (Å²) in [6.45, 7) is 11.6. The SMILES string of the molecule is Cc1cc2c(cc1C(N=N)c1ccc(I)cc1)C(C)(C)CCC2(C)C. The van der Waals surface area contributed by atoms with Crippen molar-refractivity contribution >= 4 is 22.6 Å². The molecule has 0 amide bonds. The van der Waals surface area contributed by atoms with Gasteiger partial charge >= 0.3 is 0 Å². The molecule has 0 aliphatic heterocycles. The normalized spacial score (nSPS) is 19.1. The fraction of sp³-hybridized carbons (Fsp3) is 0.455. The molecule has 0 fully saturated rings. The van der Waals surface area contributed by atoms with E-state index in [1.807, 2.05) is 0 Å². The third-order valence-corrected chi connectivity index (χ3v) is 6.57. The van der Waals surface area contributed by atoms with Gasteiger partial charge in [-0.2, -0.15) is 5.11 Å². The number of fused-ring (bicyclic) bond motifs is 1. The Labute approximate surface area is 165 Å². The number of aryl methyl sites for hydroxylation is 1. The van der Waals surface area contributed by atoms with E-state index in [9.17, 15) is 0 Å². The van der Waals surface area contributed by atoms with E-state index in [-0.39, 0.29) is 16.9 Å². The van der Waals surface area contributed by atoms with Crippen molar-refractivity contribution in [2.24, 2.45) is 5.11 Å². The smallest absolute Gasteiger partial charge is 0.121 e. The van der Waals surface area contributed by atoms with Gasteiger partial charge in [-0.15, -0.1) is 0 Å². The molecule has 0 aromatic heterocycles. The molecule has 25 heavy (non-hydrogen) atoms. The topological polar surface area (TPSA) is 36.2 Å². The van der Waals surface area contributed by atoms with Crippen LogP contribution in [0.4, 0.5) is 0 Å². The number of halogens is 1. The molecule has 0 heterocycles. The molecular weight excluding hydrogens is 419 g/mol. The van der Waals surface area contributed by atoms with Crippen molar-refractivity contribution in [1.82, 2.24) is 0 Å². The molecule has 3 rings (SSSR count). The van der Waals surface area contributed by atoms with Crippen molar-refractivity contribution in [3.05, 3.63) is 67.8 Å². The first kappa shape index (κ1) is 18.6. The van der Waals surface area contributed by atoms with Gasteiger partial charge in [0.05, 0.1) is 0 Å². The zero-order valence-electron chi connectivity index (χ0n) is 15.8. The van der Waals surface area contributed by atoms with Gasteiger partial charge in [0.25, 0.3) is 0 Å². The molecular formula is C22H27IN2. The predicted octanol–water partition coefficient (Wildman–Crippen LogP) is 7.07. The van der Waals surface area contributed by atoms with Crippen molar-refractivity contribution < 1.29 is 0 Å². The summed E-state index contributed by atoms with van der Waals surface area (Å²) in [5.41, 5.74) is 14.6. The van der Waals surface area contributed by atoms with Gasteiger partial charge in [-0.05, 0) is 93.1 Å². The maximum atomic E-state index is 7.83. The van der Waals surface area contributed by atoms with Crippen LogP contribution in [-0.4, -0.2) is 0 Å². The summed E-state index contributed by atoms with van der Waals surface area (Å²) in [7, 11) is 0. The Hall–Kier alpha value is -1.23. The van der Waals surface area contributed by atoms with Crippen molar-refractivity contribution in [2.75, 3.05) is 0 Å². The zero-order valence-corrected chi connectivity index (χ0v) is 17.9. The third kappa shape index (κ3) is 3.40. The van der Waals surface area contributed by atoms with E-state index < -0.39 is 0 Å². The third-order valence-electron chi connectivity index (χ3n) is 5.85. The number of benzene rings is 2. The second-order valence-corrected chi connectivity index (χ2v) is 9.85. The monoisotopic (exact) mass is 446 g/mol. The lowest BCUT2D eigenvalue weighted by Gasteiger charge is -2.42. The summed E-state index contributed by atoms with van der Waals surface area (Å²) in [4.78, 5) is 0. The Morgan fingerprint density at radius 1 is 0.960 bits per heavy atom. The number of hydrogen-bond donors (Lipinski definition) is 1. The van der Waals surface area contributed by atoms with E-state index in [1.165, 1.54) is 38.7 Å². The lowest BCUT2D eigenvalue weighted by molar-refractivity contribution is 0.331. The lowest BCUT2D eigenvalue weighted by atomic mass is 9.62. The molecule has 2 aromatic rings. The molecule has 2 aromatic carbocycles. The van der Waals surface area contributed by atoms with Gasteiger partial charge < -0.3 is 0 Å². The maximum Gasteiger partial charge on any atom is 0.121 e. The molecule has 1 aliphatic rings. The summed E-state index contributed by atoms with van der Waals surface area (Å²) in [6.07, 6.45) is 2.41. The van der Waals surface area contributed by atoms with Crippen LogP contribution in [0.1, 0.15) is 74.4 Å². The van der Waals surface area contributed by atoms with Crippen LogP contribution < -0.4 is 0 Å². The number of rotatable bonds is 3. The minimum atomic E-state index is -0.219. The molecule has 1 unspecified atom stereocenters. The van der Waals surface area contributed by atoms with Gasteiger partial charge in [-0.25, -0.2) is 5.53 Å². The fourth-order valence-electron chi connectivity index (χ4n) is 4.00. The van der Waals surface area contributed by atoms with Crippen LogP contribution in [0.5, 0.6) is 0 Å². The van der Waals surface area contributed by atoms with Crippen molar-refractivity contribution in [3.8, 4) is 0 Å². The van der Waals surface area contributed by atoms with Gasteiger partial charge in [-0.1, -0.05) is 52.0 Å². The van der Waals surface area contributed by atoms with Gasteiger partial charge in [-0.3, -0.25) is 0 Å². The van der Waals surface area contributed by atoms with E-state index in [4.69, 9.17) is 5.53 Å². The summed E-state index contributed by atoms with van der Waals surface area (Å²) in [6, 6.07) is 12.9. The van der Waals surface area contributed by atoms with Crippen molar-refractivity contribution in [3.63, 3.8) is 0 Å². The largest absolute Gasteiger partial charge is 0.209 e. The molecule has 0 bridgehead atoms. The van der Waals surface area contributed by atoms with E-state index in [1.54, 1.807) is 0 Å². The fourth-order valence-corrected chi connectivity index (χ4v) is 4.36. The number of nitrogens with one attached hydrogen (secondary N) is 1. The highest BCUT2D eigenvalue weighted by atomic mass is 127. The van der Waals surface area contributed by atoms with Gasteiger partial charge in [0.15, 0.2) is 0 Å². The average molecular weight is 446 g/mol. The second-order valence-electron chi connectivity index (χ2n) is 8.61. The van der Waals surface area contributed by atoms with Crippen molar-refractivity contribution in [1.29, 1.82) is 5.53 Å². The van der Waals surface area contributed by atoms with Crippen LogP contribution in [0, 0.1) is 16.0 Å². The number of hydrogen-bond acceptors (Lipinski definition) is 2. The number of nitrogens with zero attached hydrogens (tertiary/aromatic N) is 1. The Kier molecular flexibility index (Phi) is 4.82. The Bertz CT molecular complexity index is 804. The molecule has 1 N–H and O–H groups in total. The Morgan fingerprint density at radius 3 is 2.00 bits per heavy atom. The second kappa shape index (κ2) is 6.49.